The van der Waals surface area contributed by atoms with E-state index in [1.165, 1.54) is 60.8 Å². The lowest BCUT2D eigenvalue weighted by molar-refractivity contribution is 0.445. The van der Waals surface area contributed by atoms with Crippen LogP contribution in [-0.2, 0) is 18.4 Å². The number of hydrogen-bond acceptors (Lipinski definition) is 1. The molecule has 0 amide bonds. The molecule has 1 saturated carbocycles. The van der Waals surface area contributed by atoms with Gasteiger partial charge in [-0.3, -0.25) is 0 Å². The number of hydrogen-bond donors (Lipinski definition) is 1. The van der Waals surface area contributed by atoms with Crippen molar-refractivity contribution in [3.05, 3.63) is 70.8 Å². The van der Waals surface area contributed by atoms with Crippen LogP contribution in [0.1, 0.15) is 67.7 Å². The highest BCUT2D eigenvalue weighted by Crippen LogP contribution is 2.44. The molecule has 0 atom stereocenters. The molecule has 0 spiro atoms. The molecule has 1 heteroatoms. The fraction of sp³-hybridized carbons (Fsp3) is 0.478. The van der Waals surface area contributed by atoms with Crippen LogP contribution in [0.2, 0.25) is 0 Å². The Hall–Kier alpha value is -1.60. The van der Waals surface area contributed by atoms with Crippen LogP contribution in [0.3, 0.4) is 0 Å². The van der Waals surface area contributed by atoms with Crippen molar-refractivity contribution in [1.82, 2.24) is 5.32 Å². The number of aryl methyl sites for hydroxylation is 1. The van der Waals surface area contributed by atoms with Crippen molar-refractivity contribution in [2.24, 2.45) is 0 Å². The van der Waals surface area contributed by atoms with Crippen molar-refractivity contribution in [2.45, 2.75) is 63.8 Å². The van der Waals surface area contributed by atoms with Gasteiger partial charge in [0.1, 0.15) is 0 Å². The van der Waals surface area contributed by atoms with Crippen LogP contribution < -0.4 is 5.32 Å². The van der Waals surface area contributed by atoms with Gasteiger partial charge in [-0.05, 0) is 48.6 Å². The summed E-state index contributed by atoms with van der Waals surface area (Å²) in [5, 5.41) is 3.25. The Bertz CT molecular complexity index is 616. The third-order valence-electron chi connectivity index (χ3n) is 5.76. The van der Waals surface area contributed by atoms with Crippen LogP contribution in [-0.4, -0.2) is 7.05 Å². The van der Waals surface area contributed by atoms with Crippen molar-refractivity contribution >= 4 is 0 Å². The molecule has 2 aromatic rings. The standard InChI is InChI=1S/C23H31N/c1-3-19-8-12-21(13-9-19)23(16-6-4-5-7-17-23)22-14-10-20(11-15-22)18-24-2/h8-15,24H,3-7,16-18H2,1-2H3. The van der Waals surface area contributed by atoms with E-state index in [1.54, 1.807) is 0 Å². The second-order valence-electron chi connectivity index (χ2n) is 7.27. The van der Waals surface area contributed by atoms with Gasteiger partial charge in [0.05, 0.1) is 0 Å². The van der Waals surface area contributed by atoms with Crippen LogP contribution in [0.5, 0.6) is 0 Å². The van der Waals surface area contributed by atoms with Crippen LogP contribution >= 0.6 is 0 Å². The summed E-state index contributed by atoms with van der Waals surface area (Å²) in [4.78, 5) is 0. The summed E-state index contributed by atoms with van der Waals surface area (Å²) in [6, 6.07) is 18.8. The Morgan fingerprint density at radius 1 is 0.750 bits per heavy atom. The molecule has 0 saturated heterocycles. The Labute approximate surface area is 147 Å². The van der Waals surface area contributed by atoms with Crippen LogP contribution in [0.25, 0.3) is 0 Å². The minimum atomic E-state index is 0.209. The van der Waals surface area contributed by atoms with Crippen LogP contribution in [0.4, 0.5) is 0 Å². The van der Waals surface area contributed by atoms with Gasteiger partial charge in [-0.1, -0.05) is 81.1 Å². The molecule has 3 rings (SSSR count). The van der Waals surface area contributed by atoms with Crippen molar-refractivity contribution in [3.63, 3.8) is 0 Å². The van der Waals surface area contributed by atoms with Gasteiger partial charge in [0.25, 0.3) is 0 Å². The second-order valence-corrected chi connectivity index (χ2v) is 7.27. The molecule has 2 aromatic carbocycles. The molecule has 0 radical (unpaired) electrons. The van der Waals surface area contributed by atoms with Gasteiger partial charge in [-0.15, -0.1) is 0 Å². The van der Waals surface area contributed by atoms with Crippen molar-refractivity contribution < 1.29 is 0 Å². The molecule has 1 aliphatic carbocycles. The SMILES string of the molecule is CCc1ccc(C2(c3ccc(CNC)cc3)CCCCCC2)cc1. The summed E-state index contributed by atoms with van der Waals surface area (Å²) in [6.45, 7) is 3.18. The zero-order chi connectivity index (χ0) is 16.8. The predicted molar refractivity (Wildman–Crippen MR) is 104 cm³/mol. The fourth-order valence-electron chi connectivity index (χ4n) is 4.28. The predicted octanol–water partition coefficient (Wildman–Crippen LogP) is 5.61. The van der Waals surface area contributed by atoms with Crippen molar-refractivity contribution in [3.8, 4) is 0 Å². The molecular formula is C23H31N. The van der Waals surface area contributed by atoms with E-state index >= 15 is 0 Å². The molecule has 0 aromatic heterocycles. The smallest absolute Gasteiger partial charge is 0.0202 e. The van der Waals surface area contributed by atoms with Gasteiger partial charge < -0.3 is 5.32 Å². The number of nitrogens with one attached hydrogen (secondary N) is 1. The Balaban J connectivity index is 2.00. The summed E-state index contributed by atoms with van der Waals surface area (Å²) >= 11 is 0. The Kier molecular flexibility index (Phi) is 5.73. The van der Waals surface area contributed by atoms with Gasteiger partial charge in [0.2, 0.25) is 0 Å². The highest BCUT2D eigenvalue weighted by molar-refractivity contribution is 5.41. The minimum Gasteiger partial charge on any atom is -0.316 e. The molecule has 0 heterocycles. The summed E-state index contributed by atoms with van der Waals surface area (Å²) in [5.41, 5.74) is 6.04. The number of benzene rings is 2. The van der Waals surface area contributed by atoms with E-state index in [4.69, 9.17) is 0 Å². The molecule has 1 aliphatic rings. The van der Waals surface area contributed by atoms with E-state index in [9.17, 15) is 0 Å². The van der Waals surface area contributed by atoms with Gasteiger partial charge in [-0.2, -0.15) is 0 Å². The first-order valence-corrected chi connectivity index (χ1v) is 9.62. The highest BCUT2D eigenvalue weighted by Gasteiger charge is 2.34. The first kappa shape index (κ1) is 17.2. The number of rotatable bonds is 5. The third-order valence-corrected chi connectivity index (χ3v) is 5.76. The largest absolute Gasteiger partial charge is 0.316 e. The normalized spacial score (nSPS) is 17.4. The van der Waals surface area contributed by atoms with Crippen LogP contribution in [0.15, 0.2) is 48.5 Å². The lowest BCUT2D eigenvalue weighted by atomic mass is 9.69. The maximum Gasteiger partial charge on any atom is 0.0202 e. The maximum absolute atomic E-state index is 3.25. The van der Waals surface area contributed by atoms with E-state index in [2.05, 4.69) is 60.8 Å². The molecule has 128 valence electrons. The van der Waals surface area contributed by atoms with Gasteiger partial charge in [-0.25, -0.2) is 0 Å². The van der Waals surface area contributed by atoms with E-state index in [0.29, 0.717) is 0 Å². The molecule has 0 aliphatic heterocycles. The van der Waals surface area contributed by atoms with E-state index in [1.807, 2.05) is 7.05 Å². The molecule has 24 heavy (non-hydrogen) atoms. The lowest BCUT2D eigenvalue weighted by Gasteiger charge is -2.35. The first-order valence-electron chi connectivity index (χ1n) is 9.62. The molecule has 0 unspecified atom stereocenters. The van der Waals surface area contributed by atoms with Gasteiger partial charge in [0, 0.05) is 12.0 Å². The first-order chi connectivity index (χ1) is 11.8. The fourth-order valence-corrected chi connectivity index (χ4v) is 4.28. The summed E-state index contributed by atoms with van der Waals surface area (Å²) in [5.74, 6) is 0. The minimum absolute atomic E-state index is 0.209. The Morgan fingerprint density at radius 3 is 1.71 bits per heavy atom. The average molecular weight is 322 g/mol. The topological polar surface area (TPSA) is 12.0 Å². The van der Waals surface area contributed by atoms with Crippen LogP contribution in [0, 0.1) is 0 Å². The summed E-state index contributed by atoms with van der Waals surface area (Å²) < 4.78 is 0. The quantitative estimate of drug-likeness (QED) is 0.706. The molecule has 0 bridgehead atoms. The zero-order valence-electron chi connectivity index (χ0n) is 15.3. The van der Waals surface area contributed by atoms with Crippen molar-refractivity contribution in [2.75, 3.05) is 7.05 Å². The summed E-state index contributed by atoms with van der Waals surface area (Å²) in [6.07, 6.45) is 9.13. The Morgan fingerprint density at radius 2 is 1.25 bits per heavy atom. The maximum atomic E-state index is 3.25. The van der Waals surface area contributed by atoms with E-state index in [-0.39, 0.29) is 5.41 Å². The van der Waals surface area contributed by atoms with E-state index in [0.717, 1.165) is 13.0 Å². The second kappa shape index (κ2) is 7.98. The average Bonchev–Trinajstić information content (AvgIpc) is 2.90. The highest BCUT2D eigenvalue weighted by atomic mass is 14.8. The molecule has 1 fully saturated rings. The third kappa shape index (κ3) is 3.57. The van der Waals surface area contributed by atoms with E-state index < -0.39 is 0 Å². The van der Waals surface area contributed by atoms with Gasteiger partial charge in [0.15, 0.2) is 0 Å². The lowest BCUT2D eigenvalue weighted by Crippen LogP contribution is -2.27. The molecular weight excluding hydrogens is 290 g/mol. The van der Waals surface area contributed by atoms with Crippen molar-refractivity contribution in [1.29, 1.82) is 0 Å². The zero-order valence-corrected chi connectivity index (χ0v) is 15.3. The molecule has 1 nitrogen and oxygen atoms in total. The monoisotopic (exact) mass is 321 g/mol. The summed E-state index contributed by atoms with van der Waals surface area (Å²) in [7, 11) is 2.01. The molecule has 1 N–H and O–H groups in total. The van der Waals surface area contributed by atoms with Gasteiger partial charge >= 0.3 is 0 Å².